The van der Waals surface area contributed by atoms with Crippen LogP contribution in [0.25, 0.3) is 0 Å². The number of hydrogen-bond acceptors (Lipinski definition) is 2. The van der Waals surface area contributed by atoms with Crippen molar-refractivity contribution in [1.82, 2.24) is 4.57 Å². The van der Waals surface area contributed by atoms with Crippen LogP contribution in [0.5, 0.6) is 0 Å². The molecule has 0 aliphatic carbocycles. The van der Waals surface area contributed by atoms with Crippen molar-refractivity contribution in [3.05, 3.63) is 39.7 Å². The van der Waals surface area contributed by atoms with Gasteiger partial charge in [0.2, 0.25) is 0 Å². The van der Waals surface area contributed by atoms with Crippen molar-refractivity contribution >= 4 is 21.6 Å². The fourth-order valence-corrected chi connectivity index (χ4v) is 1.39. The third-order valence-corrected chi connectivity index (χ3v) is 1.96. The van der Waals surface area contributed by atoms with Crippen LogP contribution in [-0.4, -0.2) is 4.57 Å². The van der Waals surface area contributed by atoms with Crippen molar-refractivity contribution < 1.29 is 0 Å². The summed E-state index contributed by atoms with van der Waals surface area (Å²) in [6, 6.07) is 1.59. The molecule has 0 spiro atoms. The minimum Gasteiger partial charge on any atom is -0.398 e. The van der Waals surface area contributed by atoms with E-state index in [4.69, 9.17) is 5.73 Å². The molecule has 0 unspecified atom stereocenters. The summed E-state index contributed by atoms with van der Waals surface area (Å²) in [7, 11) is 0. The van der Waals surface area contributed by atoms with E-state index in [1.807, 2.05) is 0 Å². The van der Waals surface area contributed by atoms with Gasteiger partial charge in [-0.25, -0.2) is 0 Å². The molecule has 0 atom stereocenters. The minimum atomic E-state index is -0.0934. The lowest BCUT2D eigenvalue weighted by Gasteiger charge is -2.03. The third-order valence-electron chi connectivity index (χ3n) is 1.39. The Balaban J connectivity index is 3.27. The average Bonchev–Trinajstić information content (AvgIpc) is 2.00. The lowest BCUT2D eigenvalue weighted by Crippen LogP contribution is -2.19. The summed E-state index contributed by atoms with van der Waals surface area (Å²) in [6.45, 7) is 4.02. The molecule has 64 valence electrons. The highest BCUT2D eigenvalue weighted by Crippen LogP contribution is 2.07. The van der Waals surface area contributed by atoms with Crippen LogP contribution >= 0.6 is 15.9 Å². The molecule has 12 heavy (non-hydrogen) atoms. The number of rotatable bonds is 2. The van der Waals surface area contributed by atoms with Crippen LogP contribution < -0.4 is 11.3 Å². The first-order valence-electron chi connectivity index (χ1n) is 3.41. The molecule has 1 rings (SSSR count). The summed E-state index contributed by atoms with van der Waals surface area (Å²) in [4.78, 5) is 11.3. The number of nitrogens with two attached hydrogens (primary N) is 1. The summed E-state index contributed by atoms with van der Waals surface area (Å²) < 4.78 is 1.97. The summed E-state index contributed by atoms with van der Waals surface area (Å²) in [5, 5.41) is 0. The van der Waals surface area contributed by atoms with Gasteiger partial charge in [-0.15, -0.1) is 6.58 Å². The number of nitrogen functional groups attached to an aromatic ring is 1. The van der Waals surface area contributed by atoms with Gasteiger partial charge >= 0.3 is 0 Å². The summed E-state index contributed by atoms with van der Waals surface area (Å²) in [5.74, 6) is 0. The van der Waals surface area contributed by atoms with E-state index in [9.17, 15) is 4.79 Å². The molecule has 0 aromatic carbocycles. The van der Waals surface area contributed by atoms with Gasteiger partial charge in [0.05, 0.1) is 4.47 Å². The van der Waals surface area contributed by atoms with Gasteiger partial charge in [-0.2, -0.15) is 0 Å². The Morgan fingerprint density at radius 2 is 2.42 bits per heavy atom. The van der Waals surface area contributed by atoms with E-state index < -0.39 is 0 Å². The van der Waals surface area contributed by atoms with Gasteiger partial charge in [-0.1, -0.05) is 6.08 Å². The van der Waals surface area contributed by atoms with E-state index in [0.29, 0.717) is 16.7 Å². The Morgan fingerprint density at radius 1 is 1.75 bits per heavy atom. The summed E-state index contributed by atoms with van der Waals surface area (Å²) in [6.07, 6.45) is 3.24. The van der Waals surface area contributed by atoms with Crippen molar-refractivity contribution in [1.29, 1.82) is 0 Å². The van der Waals surface area contributed by atoms with Gasteiger partial charge in [0.15, 0.2) is 0 Å². The maximum Gasteiger partial charge on any atom is 0.265 e. The van der Waals surface area contributed by atoms with Crippen molar-refractivity contribution in [3.8, 4) is 0 Å². The highest BCUT2D eigenvalue weighted by molar-refractivity contribution is 9.10. The molecule has 1 aromatic heterocycles. The highest BCUT2D eigenvalue weighted by Gasteiger charge is 2.00. The van der Waals surface area contributed by atoms with E-state index in [2.05, 4.69) is 22.5 Å². The van der Waals surface area contributed by atoms with E-state index >= 15 is 0 Å². The number of aromatic nitrogens is 1. The van der Waals surface area contributed by atoms with Crippen LogP contribution in [0, 0.1) is 0 Å². The van der Waals surface area contributed by atoms with E-state index in [0.717, 1.165) is 0 Å². The quantitative estimate of drug-likeness (QED) is 0.778. The molecule has 1 heterocycles. The van der Waals surface area contributed by atoms with Crippen LogP contribution in [0.2, 0.25) is 0 Å². The Morgan fingerprint density at radius 3 is 3.00 bits per heavy atom. The molecule has 0 saturated heterocycles. The van der Waals surface area contributed by atoms with Crippen LogP contribution in [-0.2, 0) is 6.54 Å². The number of anilines is 1. The van der Waals surface area contributed by atoms with Crippen LogP contribution in [0.3, 0.4) is 0 Å². The molecule has 3 nitrogen and oxygen atoms in total. The van der Waals surface area contributed by atoms with Gasteiger partial charge in [-0.3, -0.25) is 4.79 Å². The fraction of sp³-hybridized carbons (Fsp3) is 0.125. The molecule has 0 aliphatic rings. The predicted molar refractivity (Wildman–Crippen MR) is 53.0 cm³/mol. The first-order chi connectivity index (χ1) is 5.65. The molecule has 0 saturated carbocycles. The summed E-state index contributed by atoms with van der Waals surface area (Å²) in [5.41, 5.74) is 6.00. The minimum absolute atomic E-state index is 0.0934. The largest absolute Gasteiger partial charge is 0.398 e. The second kappa shape index (κ2) is 3.58. The Bertz CT molecular complexity index is 357. The maximum atomic E-state index is 11.3. The zero-order chi connectivity index (χ0) is 9.14. The second-order valence-electron chi connectivity index (χ2n) is 2.37. The van der Waals surface area contributed by atoms with E-state index in [1.54, 1.807) is 18.3 Å². The number of hydrogen-bond donors (Lipinski definition) is 1. The number of nitrogens with zero attached hydrogens (tertiary/aromatic N) is 1. The van der Waals surface area contributed by atoms with Crippen LogP contribution in [0.4, 0.5) is 5.69 Å². The lowest BCUT2D eigenvalue weighted by molar-refractivity contribution is 0.778. The normalized spacial score (nSPS) is 9.75. The molecular weight excluding hydrogens is 220 g/mol. The zero-order valence-electron chi connectivity index (χ0n) is 6.46. The molecule has 1 aromatic rings. The standard InChI is InChI=1S/C8H9BrN2O/c1-2-3-11-5-6(10)4-7(9)8(11)12/h2,4-5H,1,3,10H2. The highest BCUT2D eigenvalue weighted by atomic mass is 79.9. The fourth-order valence-electron chi connectivity index (χ4n) is 0.896. The Hall–Kier alpha value is -1.03. The topological polar surface area (TPSA) is 48.0 Å². The molecule has 0 amide bonds. The molecule has 4 heteroatoms. The maximum absolute atomic E-state index is 11.3. The zero-order valence-corrected chi connectivity index (χ0v) is 8.04. The molecule has 0 fully saturated rings. The molecule has 0 radical (unpaired) electrons. The molecule has 0 aliphatic heterocycles. The third kappa shape index (κ3) is 1.76. The van der Waals surface area contributed by atoms with Gasteiger partial charge in [-0.05, 0) is 22.0 Å². The van der Waals surface area contributed by atoms with E-state index in [-0.39, 0.29) is 5.56 Å². The smallest absolute Gasteiger partial charge is 0.265 e. The predicted octanol–water partition coefficient (Wildman–Crippen LogP) is 1.38. The lowest BCUT2D eigenvalue weighted by atomic mass is 10.4. The van der Waals surface area contributed by atoms with Gasteiger partial charge in [0.25, 0.3) is 5.56 Å². The molecule has 2 N–H and O–H groups in total. The van der Waals surface area contributed by atoms with Gasteiger partial charge < -0.3 is 10.3 Å². The monoisotopic (exact) mass is 228 g/mol. The summed E-state index contributed by atoms with van der Waals surface area (Å²) >= 11 is 3.12. The number of pyridine rings is 1. The number of halogens is 1. The van der Waals surface area contributed by atoms with Gasteiger partial charge in [0.1, 0.15) is 0 Å². The SMILES string of the molecule is C=CCn1cc(N)cc(Br)c1=O. The first-order valence-corrected chi connectivity index (χ1v) is 4.21. The Labute approximate surface area is 78.6 Å². The average molecular weight is 229 g/mol. The first kappa shape index (κ1) is 9.06. The van der Waals surface area contributed by atoms with Crippen molar-refractivity contribution in [2.45, 2.75) is 6.54 Å². The van der Waals surface area contributed by atoms with E-state index in [1.165, 1.54) is 4.57 Å². The van der Waals surface area contributed by atoms with Gasteiger partial charge in [0, 0.05) is 18.4 Å². The van der Waals surface area contributed by atoms with Crippen LogP contribution in [0.1, 0.15) is 0 Å². The van der Waals surface area contributed by atoms with Crippen molar-refractivity contribution in [3.63, 3.8) is 0 Å². The molecular formula is C8H9BrN2O. The second-order valence-corrected chi connectivity index (χ2v) is 3.22. The molecule has 0 bridgehead atoms. The Kier molecular flexibility index (Phi) is 2.70. The van der Waals surface area contributed by atoms with Crippen molar-refractivity contribution in [2.24, 2.45) is 0 Å². The van der Waals surface area contributed by atoms with Crippen LogP contribution in [0.15, 0.2) is 34.2 Å². The number of allylic oxidation sites excluding steroid dienone is 1. The van der Waals surface area contributed by atoms with Crippen molar-refractivity contribution in [2.75, 3.05) is 5.73 Å².